The molecule has 0 aliphatic rings. The van der Waals surface area contributed by atoms with Crippen LogP contribution in [-0.4, -0.2) is 15.7 Å². The van der Waals surface area contributed by atoms with Crippen LogP contribution in [0, 0.1) is 13.8 Å². The zero-order valence-electron chi connectivity index (χ0n) is 13.3. The molecule has 5 nitrogen and oxygen atoms in total. The third-order valence-electron chi connectivity index (χ3n) is 3.60. The lowest BCUT2D eigenvalue weighted by Crippen LogP contribution is -2.35. The molecule has 0 spiro atoms. The second-order valence-electron chi connectivity index (χ2n) is 5.46. The first kappa shape index (κ1) is 18.2. The Morgan fingerprint density at radius 3 is 2.36 bits per heavy atom. The van der Waals surface area contributed by atoms with Crippen molar-refractivity contribution in [2.45, 2.75) is 32.9 Å². The van der Waals surface area contributed by atoms with Gasteiger partial charge in [-0.25, -0.2) is 0 Å². The summed E-state index contributed by atoms with van der Waals surface area (Å²) in [6, 6.07) is 6.90. The van der Waals surface area contributed by atoms with Crippen molar-refractivity contribution in [2.24, 2.45) is 12.8 Å². The fourth-order valence-electron chi connectivity index (χ4n) is 2.35. The minimum atomic E-state index is -0.662. The van der Waals surface area contributed by atoms with E-state index < -0.39 is 6.04 Å². The standard InChI is InChI=1S/C16H22N4O.ClH/c1-10-5-7-13(8-6-10)15(17)16(21)18-11(2)14-9-20(4)19-12(14)3;/h5-9,11,15H,17H2,1-4H3,(H,18,21);1H. The topological polar surface area (TPSA) is 72.9 Å². The van der Waals surface area contributed by atoms with Gasteiger partial charge in [0.15, 0.2) is 0 Å². The molecule has 0 saturated heterocycles. The molecule has 0 fully saturated rings. The van der Waals surface area contributed by atoms with E-state index in [1.54, 1.807) is 4.68 Å². The van der Waals surface area contributed by atoms with Gasteiger partial charge in [0, 0.05) is 18.8 Å². The van der Waals surface area contributed by atoms with E-state index in [1.807, 2.05) is 58.3 Å². The summed E-state index contributed by atoms with van der Waals surface area (Å²) in [5.41, 5.74) is 9.90. The molecule has 2 aromatic rings. The number of halogens is 1. The summed E-state index contributed by atoms with van der Waals surface area (Å²) >= 11 is 0. The smallest absolute Gasteiger partial charge is 0.241 e. The minimum absolute atomic E-state index is 0. The second kappa shape index (κ2) is 7.42. The van der Waals surface area contributed by atoms with Crippen molar-refractivity contribution >= 4 is 18.3 Å². The van der Waals surface area contributed by atoms with E-state index in [4.69, 9.17) is 5.73 Å². The first-order valence-electron chi connectivity index (χ1n) is 7.01. The molecule has 1 aromatic heterocycles. The third-order valence-corrected chi connectivity index (χ3v) is 3.60. The highest BCUT2D eigenvalue weighted by molar-refractivity contribution is 5.85. The Morgan fingerprint density at radius 2 is 1.86 bits per heavy atom. The summed E-state index contributed by atoms with van der Waals surface area (Å²) in [5, 5.41) is 7.23. The third kappa shape index (κ3) is 4.08. The number of hydrogen-bond acceptors (Lipinski definition) is 3. The molecule has 0 radical (unpaired) electrons. The van der Waals surface area contributed by atoms with Crippen molar-refractivity contribution in [3.8, 4) is 0 Å². The van der Waals surface area contributed by atoms with Gasteiger partial charge in [0.25, 0.3) is 0 Å². The largest absolute Gasteiger partial charge is 0.348 e. The van der Waals surface area contributed by atoms with Gasteiger partial charge < -0.3 is 11.1 Å². The number of carbonyl (C=O) groups excluding carboxylic acids is 1. The fourth-order valence-corrected chi connectivity index (χ4v) is 2.35. The van der Waals surface area contributed by atoms with Crippen LogP contribution in [0.5, 0.6) is 0 Å². The van der Waals surface area contributed by atoms with Crippen molar-refractivity contribution < 1.29 is 4.79 Å². The van der Waals surface area contributed by atoms with Gasteiger partial charge in [-0.3, -0.25) is 9.48 Å². The molecule has 1 amide bonds. The Kier molecular flexibility index (Phi) is 6.14. The van der Waals surface area contributed by atoms with Gasteiger partial charge in [0.2, 0.25) is 5.91 Å². The summed E-state index contributed by atoms with van der Waals surface area (Å²) in [6.07, 6.45) is 1.91. The van der Waals surface area contributed by atoms with Crippen molar-refractivity contribution in [3.63, 3.8) is 0 Å². The predicted molar refractivity (Wildman–Crippen MR) is 89.9 cm³/mol. The molecule has 0 aliphatic carbocycles. The van der Waals surface area contributed by atoms with Crippen LogP contribution in [0.4, 0.5) is 0 Å². The molecule has 1 heterocycles. The summed E-state index contributed by atoms with van der Waals surface area (Å²) in [6.45, 7) is 5.87. The number of benzene rings is 1. The highest BCUT2D eigenvalue weighted by Crippen LogP contribution is 2.18. The van der Waals surface area contributed by atoms with E-state index in [-0.39, 0.29) is 24.4 Å². The predicted octanol–water partition coefficient (Wildman–Crippen LogP) is 2.34. The molecule has 0 bridgehead atoms. The van der Waals surface area contributed by atoms with Crippen molar-refractivity contribution in [2.75, 3.05) is 0 Å². The number of nitrogens with zero attached hydrogens (tertiary/aromatic N) is 2. The minimum Gasteiger partial charge on any atom is -0.348 e. The number of aromatic nitrogens is 2. The van der Waals surface area contributed by atoms with E-state index >= 15 is 0 Å². The lowest BCUT2D eigenvalue weighted by atomic mass is 10.0. The average molecular weight is 323 g/mol. The monoisotopic (exact) mass is 322 g/mol. The Balaban J connectivity index is 0.00000242. The molecule has 2 unspecified atom stereocenters. The maximum Gasteiger partial charge on any atom is 0.241 e. The summed E-state index contributed by atoms with van der Waals surface area (Å²) in [4.78, 5) is 12.3. The molecule has 22 heavy (non-hydrogen) atoms. The van der Waals surface area contributed by atoms with Crippen LogP contribution in [-0.2, 0) is 11.8 Å². The Bertz CT molecular complexity index is 636. The van der Waals surface area contributed by atoms with Gasteiger partial charge in [0.05, 0.1) is 11.7 Å². The number of rotatable bonds is 4. The lowest BCUT2D eigenvalue weighted by molar-refractivity contribution is -0.123. The highest BCUT2D eigenvalue weighted by Gasteiger charge is 2.20. The quantitative estimate of drug-likeness (QED) is 0.907. The number of nitrogens with two attached hydrogens (primary N) is 1. The van der Waals surface area contributed by atoms with Crippen LogP contribution >= 0.6 is 12.4 Å². The van der Waals surface area contributed by atoms with Crippen LogP contribution in [0.2, 0.25) is 0 Å². The van der Waals surface area contributed by atoms with Crippen LogP contribution in [0.25, 0.3) is 0 Å². The number of amides is 1. The summed E-state index contributed by atoms with van der Waals surface area (Å²) in [7, 11) is 1.86. The van der Waals surface area contributed by atoms with Gasteiger partial charge >= 0.3 is 0 Å². The first-order chi connectivity index (χ1) is 9.88. The van der Waals surface area contributed by atoms with Gasteiger partial charge in [-0.2, -0.15) is 5.10 Å². The van der Waals surface area contributed by atoms with Crippen LogP contribution < -0.4 is 11.1 Å². The molecule has 0 saturated carbocycles. The lowest BCUT2D eigenvalue weighted by Gasteiger charge is -2.17. The molecule has 1 aromatic carbocycles. The molecule has 2 atom stereocenters. The van der Waals surface area contributed by atoms with Crippen molar-refractivity contribution in [1.29, 1.82) is 0 Å². The van der Waals surface area contributed by atoms with Crippen LogP contribution in [0.3, 0.4) is 0 Å². The van der Waals surface area contributed by atoms with Gasteiger partial charge in [-0.1, -0.05) is 29.8 Å². The molecule has 120 valence electrons. The normalized spacial score (nSPS) is 13.1. The molecular formula is C16H23ClN4O. The number of carbonyl (C=O) groups is 1. The van der Waals surface area contributed by atoms with E-state index in [0.29, 0.717) is 0 Å². The van der Waals surface area contributed by atoms with Gasteiger partial charge in [-0.15, -0.1) is 12.4 Å². The summed E-state index contributed by atoms with van der Waals surface area (Å²) in [5.74, 6) is -0.186. The zero-order chi connectivity index (χ0) is 15.6. The molecule has 6 heteroatoms. The Labute approximate surface area is 137 Å². The molecule has 2 rings (SSSR count). The van der Waals surface area contributed by atoms with Gasteiger partial charge in [-0.05, 0) is 26.3 Å². The number of hydrogen-bond donors (Lipinski definition) is 2. The fraction of sp³-hybridized carbons (Fsp3) is 0.375. The first-order valence-corrected chi connectivity index (χ1v) is 7.01. The SMILES string of the molecule is Cc1ccc(C(N)C(=O)NC(C)c2cn(C)nc2C)cc1.Cl. The Hall–Kier alpha value is -1.85. The van der Waals surface area contributed by atoms with Crippen LogP contribution in [0.1, 0.15) is 41.4 Å². The maximum atomic E-state index is 12.3. The average Bonchev–Trinajstić information content (AvgIpc) is 2.77. The zero-order valence-corrected chi connectivity index (χ0v) is 14.1. The maximum absolute atomic E-state index is 12.3. The van der Waals surface area contributed by atoms with E-state index in [0.717, 1.165) is 22.4 Å². The second-order valence-corrected chi connectivity index (χ2v) is 5.46. The molecule has 3 N–H and O–H groups in total. The van der Waals surface area contributed by atoms with E-state index in [2.05, 4.69) is 10.4 Å². The van der Waals surface area contributed by atoms with Crippen molar-refractivity contribution in [3.05, 3.63) is 52.8 Å². The van der Waals surface area contributed by atoms with Crippen molar-refractivity contribution in [1.82, 2.24) is 15.1 Å². The molecular weight excluding hydrogens is 300 g/mol. The summed E-state index contributed by atoms with van der Waals surface area (Å²) < 4.78 is 1.74. The van der Waals surface area contributed by atoms with E-state index in [1.165, 1.54) is 0 Å². The number of aryl methyl sites for hydroxylation is 3. The van der Waals surface area contributed by atoms with Crippen LogP contribution in [0.15, 0.2) is 30.5 Å². The molecule has 0 aliphatic heterocycles. The Morgan fingerprint density at radius 1 is 1.27 bits per heavy atom. The highest BCUT2D eigenvalue weighted by atomic mass is 35.5. The number of nitrogens with one attached hydrogen (secondary N) is 1. The van der Waals surface area contributed by atoms with Gasteiger partial charge in [0.1, 0.15) is 6.04 Å². The van der Waals surface area contributed by atoms with E-state index in [9.17, 15) is 4.79 Å².